The van der Waals surface area contributed by atoms with E-state index in [0.29, 0.717) is 5.03 Å². The van der Waals surface area contributed by atoms with Crippen molar-refractivity contribution in [2.24, 2.45) is 5.41 Å². The molecule has 31 heavy (non-hydrogen) atoms. The predicted octanol–water partition coefficient (Wildman–Crippen LogP) is 1.75. The van der Waals surface area contributed by atoms with Gasteiger partial charge in [-0.3, -0.25) is 14.9 Å². The molecular formula is C20H29Cl2N5O4. The van der Waals surface area contributed by atoms with Crippen LogP contribution in [-0.4, -0.2) is 63.8 Å². The molecule has 11 heteroatoms. The first-order valence-electron chi connectivity index (χ1n) is 10.00. The molecule has 0 aliphatic heterocycles. The van der Waals surface area contributed by atoms with Crippen LogP contribution in [0.5, 0.6) is 0 Å². The number of aliphatic hydroxyl groups is 1. The van der Waals surface area contributed by atoms with E-state index in [1.165, 1.54) is 0 Å². The number of nitrogens with one attached hydrogen (secondary N) is 2. The highest BCUT2D eigenvalue weighted by molar-refractivity contribution is 6.31. The number of aromatic nitrogens is 3. The lowest BCUT2D eigenvalue weighted by atomic mass is 9.67. The molecule has 0 radical (unpaired) electrons. The molecule has 2 unspecified atom stereocenters. The number of hydrogen-bond donors (Lipinski definition) is 3. The van der Waals surface area contributed by atoms with Crippen LogP contribution in [-0.2, 0) is 19.9 Å². The Morgan fingerprint density at radius 1 is 1.39 bits per heavy atom. The third-order valence-corrected chi connectivity index (χ3v) is 5.58. The third-order valence-electron chi connectivity index (χ3n) is 5.16. The van der Waals surface area contributed by atoms with Gasteiger partial charge in [-0.05, 0) is 30.9 Å². The van der Waals surface area contributed by atoms with Crippen molar-refractivity contribution in [1.29, 1.82) is 0 Å². The number of halogens is 2. The van der Waals surface area contributed by atoms with Crippen LogP contribution in [0.4, 0.5) is 0 Å². The van der Waals surface area contributed by atoms with Gasteiger partial charge in [-0.25, -0.2) is 4.68 Å². The zero-order valence-electron chi connectivity index (χ0n) is 18.1. The molecule has 1 aromatic rings. The maximum atomic E-state index is 12.8. The van der Waals surface area contributed by atoms with Gasteiger partial charge in [0.2, 0.25) is 5.91 Å². The van der Waals surface area contributed by atoms with Crippen LogP contribution in [0.25, 0.3) is 0 Å². The molecule has 1 aliphatic carbocycles. The zero-order chi connectivity index (χ0) is 23.2. The molecular weight excluding hydrogens is 445 g/mol. The number of esters is 1. The Hall–Kier alpha value is -1.94. The number of ether oxygens (including phenoxy) is 1. The van der Waals surface area contributed by atoms with Crippen molar-refractivity contribution in [3.63, 3.8) is 0 Å². The molecule has 1 amide bonds. The quantitative estimate of drug-likeness (QED) is 0.467. The molecule has 1 aliphatic rings. The van der Waals surface area contributed by atoms with Gasteiger partial charge >= 0.3 is 5.97 Å². The van der Waals surface area contributed by atoms with E-state index in [1.807, 2.05) is 26.8 Å². The third kappa shape index (κ3) is 5.85. The number of amides is 1. The Morgan fingerprint density at radius 3 is 2.65 bits per heavy atom. The minimum absolute atomic E-state index is 0.132. The van der Waals surface area contributed by atoms with E-state index < -0.39 is 29.0 Å². The average molecular weight is 474 g/mol. The summed E-state index contributed by atoms with van der Waals surface area (Å²) in [5.41, 5.74) is -1.27. The van der Waals surface area contributed by atoms with E-state index in [4.69, 9.17) is 27.9 Å². The van der Waals surface area contributed by atoms with E-state index >= 15 is 0 Å². The highest BCUT2D eigenvalue weighted by Crippen LogP contribution is 2.44. The number of rotatable bonds is 9. The van der Waals surface area contributed by atoms with Gasteiger partial charge in [0.1, 0.15) is 11.6 Å². The Bertz CT molecular complexity index is 849. The Labute approximate surface area is 191 Å². The lowest BCUT2D eigenvalue weighted by molar-refractivity contribution is -0.146. The number of nitrogens with zero attached hydrogens (tertiary/aromatic N) is 3. The van der Waals surface area contributed by atoms with Crippen LogP contribution >= 0.6 is 23.2 Å². The zero-order valence-corrected chi connectivity index (χ0v) is 19.6. The van der Waals surface area contributed by atoms with Crippen molar-refractivity contribution in [2.45, 2.75) is 51.7 Å². The summed E-state index contributed by atoms with van der Waals surface area (Å²) in [6.45, 7) is 7.55. The highest BCUT2D eigenvalue weighted by Gasteiger charge is 2.50. The smallest absolute Gasteiger partial charge is 0.323 e. The van der Waals surface area contributed by atoms with Gasteiger partial charge in [0.25, 0.3) is 0 Å². The summed E-state index contributed by atoms with van der Waals surface area (Å²) < 4.78 is 6.60. The second-order valence-electron chi connectivity index (χ2n) is 8.19. The first-order chi connectivity index (χ1) is 14.5. The van der Waals surface area contributed by atoms with Crippen LogP contribution in [0.3, 0.4) is 0 Å². The largest absolute Gasteiger partial charge is 0.465 e. The standard InChI is InChI=1S/C20H29Cl2N5O4/c1-5-31-18(30)14(7-9-28)23-11-17(29)24-15-10-13(21)6-8-20(15,19(2,3)4)27-12-16(22)25-26-27/h6,8,10,12,14-15,23,28H,5,7,9,11H2,1-4H3,(H,24,29)/t14-,15?,20?/m0/s1. The van der Waals surface area contributed by atoms with E-state index in [1.54, 1.807) is 30.0 Å². The average Bonchev–Trinajstić information content (AvgIpc) is 3.11. The van der Waals surface area contributed by atoms with Gasteiger partial charge in [0.15, 0.2) is 5.15 Å². The lowest BCUT2D eigenvalue weighted by Crippen LogP contribution is -2.60. The highest BCUT2D eigenvalue weighted by atomic mass is 35.5. The van der Waals surface area contributed by atoms with Crippen LogP contribution in [0.2, 0.25) is 5.15 Å². The number of carbonyl (C=O) groups excluding carboxylic acids is 2. The second kappa shape index (κ2) is 10.6. The molecule has 0 bridgehead atoms. The first kappa shape index (κ1) is 25.3. The second-order valence-corrected chi connectivity index (χ2v) is 9.01. The molecule has 3 N–H and O–H groups in total. The fourth-order valence-corrected chi connectivity index (χ4v) is 3.94. The number of allylic oxidation sites excluding steroid dienone is 2. The summed E-state index contributed by atoms with van der Waals surface area (Å²) in [5.74, 6) is -0.887. The van der Waals surface area contributed by atoms with Gasteiger partial charge in [0.05, 0.1) is 25.4 Å². The molecule has 0 saturated heterocycles. The van der Waals surface area contributed by atoms with E-state index in [2.05, 4.69) is 20.9 Å². The minimum Gasteiger partial charge on any atom is -0.465 e. The summed E-state index contributed by atoms with van der Waals surface area (Å²) in [6.07, 6.45) is 7.09. The fourth-order valence-electron chi connectivity index (χ4n) is 3.62. The van der Waals surface area contributed by atoms with Crippen LogP contribution in [0.15, 0.2) is 29.5 Å². The van der Waals surface area contributed by atoms with E-state index in [0.717, 1.165) is 0 Å². The van der Waals surface area contributed by atoms with Crippen LogP contribution in [0.1, 0.15) is 34.1 Å². The topological polar surface area (TPSA) is 118 Å². The van der Waals surface area contributed by atoms with Gasteiger partial charge in [0, 0.05) is 11.6 Å². The Morgan fingerprint density at radius 2 is 2.10 bits per heavy atom. The molecule has 1 heterocycles. The van der Waals surface area contributed by atoms with Crippen molar-refractivity contribution in [1.82, 2.24) is 25.6 Å². The number of hydrogen-bond acceptors (Lipinski definition) is 7. The van der Waals surface area contributed by atoms with Gasteiger partial charge in [-0.1, -0.05) is 55.3 Å². The summed E-state index contributed by atoms with van der Waals surface area (Å²) >= 11 is 12.3. The normalized spacial score (nSPS) is 22.0. The monoisotopic (exact) mass is 473 g/mol. The van der Waals surface area contributed by atoms with Gasteiger partial charge in [-0.15, -0.1) is 5.10 Å². The Kier molecular flexibility index (Phi) is 8.65. The molecule has 0 fully saturated rings. The predicted molar refractivity (Wildman–Crippen MR) is 118 cm³/mol. The minimum atomic E-state index is -0.840. The molecule has 2 rings (SSSR count). The number of aliphatic hydroxyl groups excluding tert-OH is 1. The fraction of sp³-hybridized carbons (Fsp3) is 0.600. The van der Waals surface area contributed by atoms with Gasteiger partial charge < -0.3 is 15.2 Å². The summed E-state index contributed by atoms with van der Waals surface area (Å²) in [7, 11) is 0. The molecule has 0 aromatic carbocycles. The number of carbonyl (C=O) groups is 2. The maximum absolute atomic E-state index is 12.8. The van der Waals surface area contributed by atoms with Crippen LogP contribution in [0, 0.1) is 5.41 Å². The molecule has 0 saturated carbocycles. The summed E-state index contributed by atoms with van der Waals surface area (Å²) in [5, 5.41) is 23.7. The molecule has 0 spiro atoms. The summed E-state index contributed by atoms with van der Waals surface area (Å²) in [6, 6.07) is -1.36. The Balaban J connectivity index is 2.24. The first-order valence-corrected chi connectivity index (χ1v) is 10.8. The molecule has 3 atom stereocenters. The van der Waals surface area contributed by atoms with Crippen molar-refractivity contribution in [3.05, 3.63) is 34.6 Å². The lowest BCUT2D eigenvalue weighted by Gasteiger charge is -2.48. The maximum Gasteiger partial charge on any atom is 0.323 e. The molecule has 172 valence electrons. The van der Waals surface area contributed by atoms with Crippen molar-refractivity contribution in [3.8, 4) is 0 Å². The van der Waals surface area contributed by atoms with Crippen molar-refractivity contribution >= 4 is 35.1 Å². The van der Waals surface area contributed by atoms with Gasteiger partial charge in [-0.2, -0.15) is 0 Å². The molecule has 9 nitrogen and oxygen atoms in total. The van der Waals surface area contributed by atoms with Crippen molar-refractivity contribution < 1.29 is 19.4 Å². The van der Waals surface area contributed by atoms with E-state index in [-0.39, 0.29) is 37.2 Å². The molecule has 1 aromatic heterocycles. The SMILES string of the molecule is CCOC(=O)[C@H](CCO)NCC(=O)NC1C=C(Cl)C=CC1(n1cc(Cl)nn1)C(C)(C)C. The van der Waals surface area contributed by atoms with Crippen molar-refractivity contribution in [2.75, 3.05) is 19.8 Å². The summed E-state index contributed by atoms with van der Waals surface area (Å²) in [4.78, 5) is 24.8. The van der Waals surface area contributed by atoms with E-state index in [9.17, 15) is 14.7 Å². The van der Waals surface area contributed by atoms with Crippen LogP contribution < -0.4 is 10.6 Å².